The van der Waals surface area contributed by atoms with Gasteiger partial charge in [0.15, 0.2) is 0 Å². The first kappa shape index (κ1) is 36.3. The molecule has 0 saturated carbocycles. The lowest BCUT2D eigenvalue weighted by Crippen LogP contribution is -2.46. The van der Waals surface area contributed by atoms with Crippen molar-refractivity contribution >= 4 is 57.8 Å². The molecule has 11 heteroatoms. The number of allylic oxidation sites excluding steroid dienone is 3. The number of rotatable bonds is 9. The van der Waals surface area contributed by atoms with Crippen molar-refractivity contribution < 1.29 is 0 Å². The van der Waals surface area contributed by atoms with Crippen LogP contribution in [0, 0.1) is 6.92 Å². The summed E-state index contributed by atoms with van der Waals surface area (Å²) in [5, 5.41) is 20.4. The van der Waals surface area contributed by atoms with Gasteiger partial charge in [-0.25, -0.2) is 0 Å². The molecule has 0 amide bonds. The quantitative estimate of drug-likeness (QED) is 0.0638. The minimum absolute atomic E-state index is 0.0206. The molecular weight excluding hydrogens is 689 g/mol. The lowest BCUT2D eigenvalue weighted by molar-refractivity contribution is 0.534. The first-order valence-corrected chi connectivity index (χ1v) is 17.9. The minimum Gasteiger partial charge on any atom is -0.404 e. The van der Waals surface area contributed by atoms with Crippen LogP contribution in [0.2, 0.25) is 10.0 Å². The van der Waals surface area contributed by atoms with Gasteiger partial charge < -0.3 is 38.5 Å². The van der Waals surface area contributed by atoms with E-state index >= 15 is 0 Å². The molecule has 0 radical (unpaired) electrons. The molecule has 0 bridgehead atoms. The van der Waals surface area contributed by atoms with Gasteiger partial charge in [-0.2, -0.15) is 5.10 Å². The summed E-state index contributed by atoms with van der Waals surface area (Å²) in [6.45, 7) is 11.0. The number of aryl methyl sites for hydroxylation is 1. The fourth-order valence-electron chi connectivity index (χ4n) is 6.80. The summed E-state index contributed by atoms with van der Waals surface area (Å²) >= 11 is 12.7. The topological polar surface area (TPSA) is 151 Å². The average Bonchev–Trinajstić information content (AvgIpc) is 3.29. The van der Waals surface area contributed by atoms with Gasteiger partial charge in [0.1, 0.15) is 0 Å². The van der Waals surface area contributed by atoms with Gasteiger partial charge in [0, 0.05) is 62.3 Å². The maximum atomic E-state index is 6.42. The van der Waals surface area contributed by atoms with Gasteiger partial charge in [0.2, 0.25) is 0 Å². The van der Waals surface area contributed by atoms with Crippen molar-refractivity contribution in [1.82, 2.24) is 16.1 Å². The van der Waals surface area contributed by atoms with Crippen LogP contribution in [0.25, 0.3) is 17.0 Å². The molecular formula is C41H45Cl2N9. The smallest absolute Gasteiger partial charge is 0.0918 e. The van der Waals surface area contributed by atoms with E-state index in [4.69, 9.17) is 40.4 Å². The maximum Gasteiger partial charge on any atom is 0.0918 e. The van der Waals surface area contributed by atoms with Crippen molar-refractivity contribution in [3.05, 3.63) is 158 Å². The van der Waals surface area contributed by atoms with Crippen LogP contribution in [-0.4, -0.2) is 18.8 Å². The van der Waals surface area contributed by atoms with Crippen molar-refractivity contribution in [3.63, 3.8) is 0 Å². The normalized spacial score (nSPS) is 20.4. The summed E-state index contributed by atoms with van der Waals surface area (Å²) in [7, 11) is 0. The fourth-order valence-corrected chi connectivity index (χ4v) is 7.18. The highest BCUT2D eigenvalue weighted by atomic mass is 35.5. The number of hydrogen-bond donors (Lipinski definition) is 8. The van der Waals surface area contributed by atoms with Gasteiger partial charge in [0.05, 0.1) is 41.4 Å². The molecule has 0 aromatic heterocycles. The summed E-state index contributed by atoms with van der Waals surface area (Å²) in [5.41, 5.74) is 34.8. The second-order valence-electron chi connectivity index (χ2n) is 13.2. The Morgan fingerprint density at radius 3 is 2.15 bits per heavy atom. The zero-order valence-electron chi connectivity index (χ0n) is 29.5. The van der Waals surface area contributed by atoms with E-state index in [2.05, 4.69) is 75.6 Å². The maximum absolute atomic E-state index is 6.42. The molecule has 0 saturated heterocycles. The predicted octanol–water partition coefficient (Wildman–Crippen LogP) is 7.96. The van der Waals surface area contributed by atoms with E-state index in [1.807, 2.05) is 68.4 Å². The first-order chi connectivity index (χ1) is 25.0. The molecule has 52 heavy (non-hydrogen) atoms. The van der Waals surface area contributed by atoms with Crippen LogP contribution < -0.4 is 43.9 Å². The van der Waals surface area contributed by atoms with Crippen LogP contribution in [-0.2, 0) is 0 Å². The highest BCUT2D eigenvalue weighted by Crippen LogP contribution is 2.38. The number of anilines is 2. The molecule has 11 N–H and O–H groups in total. The summed E-state index contributed by atoms with van der Waals surface area (Å²) in [6.07, 6.45) is 4.07. The Morgan fingerprint density at radius 2 is 1.50 bits per heavy atom. The van der Waals surface area contributed by atoms with E-state index < -0.39 is 0 Å². The molecule has 2 heterocycles. The van der Waals surface area contributed by atoms with Crippen LogP contribution in [0.5, 0.6) is 0 Å². The zero-order chi connectivity index (χ0) is 36.9. The summed E-state index contributed by atoms with van der Waals surface area (Å²) < 4.78 is 0. The number of benzene rings is 4. The van der Waals surface area contributed by atoms with E-state index in [1.54, 1.807) is 12.4 Å². The highest BCUT2D eigenvalue weighted by molar-refractivity contribution is 6.31. The third-order valence-electron chi connectivity index (χ3n) is 9.28. The molecule has 4 aromatic rings. The molecule has 0 spiro atoms. The van der Waals surface area contributed by atoms with Crippen molar-refractivity contribution in [2.24, 2.45) is 22.3 Å². The van der Waals surface area contributed by atoms with Gasteiger partial charge in [-0.1, -0.05) is 77.8 Å². The van der Waals surface area contributed by atoms with E-state index in [1.165, 1.54) is 0 Å². The number of nitrogens with one attached hydrogen (secondary N) is 5. The lowest BCUT2D eigenvalue weighted by atomic mass is 9.85. The highest BCUT2D eigenvalue weighted by Gasteiger charge is 2.34. The summed E-state index contributed by atoms with van der Waals surface area (Å²) in [4.78, 5) is 0. The van der Waals surface area contributed by atoms with Gasteiger partial charge in [-0.15, -0.1) is 0 Å². The molecule has 4 aromatic carbocycles. The van der Waals surface area contributed by atoms with Crippen LogP contribution in [0.4, 0.5) is 11.4 Å². The SMILES string of the molecule is C=C(NN=CC(=CN)c1ccc2c(c1)C(Nc1cccc(Cl)c1)CCN/C2=C(/C)N)C1N/C(=C(/C)N)c2ccc(C)cc2C1Nc1cccc(Cl)c1. The number of hydrazone groups is 1. The van der Waals surface area contributed by atoms with Gasteiger partial charge in [-0.05, 0) is 86.3 Å². The van der Waals surface area contributed by atoms with Gasteiger partial charge in [0.25, 0.3) is 0 Å². The number of hydrogen-bond acceptors (Lipinski definition) is 9. The van der Waals surface area contributed by atoms with Crippen LogP contribution in [0.3, 0.4) is 0 Å². The largest absolute Gasteiger partial charge is 0.404 e. The molecule has 3 unspecified atom stereocenters. The van der Waals surface area contributed by atoms with E-state index in [9.17, 15) is 0 Å². The second-order valence-corrected chi connectivity index (χ2v) is 14.1. The number of halogens is 2. The van der Waals surface area contributed by atoms with E-state index in [0.29, 0.717) is 21.4 Å². The Bertz CT molecular complexity index is 2110. The number of fused-ring (bicyclic) bond motifs is 2. The van der Waals surface area contributed by atoms with Gasteiger partial charge in [-0.3, -0.25) is 5.43 Å². The molecule has 0 fully saturated rings. The Hall–Kier alpha value is -5.51. The zero-order valence-corrected chi connectivity index (χ0v) is 31.0. The Labute approximate surface area is 315 Å². The molecule has 6 rings (SSSR count). The average molecular weight is 735 g/mol. The molecule has 0 aliphatic carbocycles. The summed E-state index contributed by atoms with van der Waals surface area (Å²) in [6, 6.07) is 27.4. The van der Waals surface area contributed by atoms with Crippen LogP contribution >= 0.6 is 23.2 Å². The Balaban J connectivity index is 1.29. The molecule has 3 atom stereocenters. The van der Waals surface area contributed by atoms with E-state index in [-0.39, 0.29) is 18.1 Å². The van der Waals surface area contributed by atoms with Crippen molar-refractivity contribution in [2.75, 3.05) is 17.2 Å². The standard InChI is InChI=1S/C41H45Cl2N9/c1-23-11-13-34-36(17-23)41(50-32-10-6-8-30(43)20-32)40(51-39(34)25(3)46)26(4)52-48-22-28(21-44)27-12-14-33-35(18-27)37(15-16-47-38(33)24(2)45)49-31-9-5-7-29(42)19-31/h5-14,17-22,37,40-41,47,49-52H,4,15-16,44-46H2,1-3H3/b28-21?,38-24-,39-25-,48-22?. The molecule has 9 nitrogen and oxygen atoms in total. The fraction of sp³-hybridized carbons (Fsp3) is 0.195. The number of nitrogens with two attached hydrogens (primary N) is 3. The predicted molar refractivity (Wildman–Crippen MR) is 219 cm³/mol. The first-order valence-electron chi connectivity index (χ1n) is 17.1. The van der Waals surface area contributed by atoms with Crippen molar-refractivity contribution in [3.8, 4) is 0 Å². The Kier molecular flexibility index (Phi) is 11.0. The monoisotopic (exact) mass is 733 g/mol. The molecule has 2 aliphatic rings. The summed E-state index contributed by atoms with van der Waals surface area (Å²) in [5.74, 6) is 0. The van der Waals surface area contributed by atoms with Crippen molar-refractivity contribution in [2.45, 2.75) is 45.3 Å². The third kappa shape index (κ3) is 8.01. The van der Waals surface area contributed by atoms with Crippen LogP contribution in [0.15, 0.2) is 120 Å². The van der Waals surface area contributed by atoms with Crippen molar-refractivity contribution in [1.29, 1.82) is 0 Å². The molecule has 268 valence electrons. The third-order valence-corrected chi connectivity index (χ3v) is 9.75. The Morgan fingerprint density at radius 1 is 0.846 bits per heavy atom. The minimum atomic E-state index is -0.340. The van der Waals surface area contributed by atoms with E-state index in [0.717, 1.165) is 80.4 Å². The van der Waals surface area contributed by atoms with Gasteiger partial charge >= 0.3 is 0 Å². The molecule has 2 aliphatic heterocycles. The van der Waals surface area contributed by atoms with Crippen LogP contribution in [0.1, 0.15) is 65.7 Å². The lowest BCUT2D eigenvalue weighted by Gasteiger charge is -2.39. The second kappa shape index (κ2) is 15.8. The number of nitrogens with zero attached hydrogens (tertiary/aromatic N) is 1.